The summed E-state index contributed by atoms with van der Waals surface area (Å²) in [7, 11) is 0. The molecule has 0 radical (unpaired) electrons. The number of aliphatic hydroxyl groups is 1. The summed E-state index contributed by atoms with van der Waals surface area (Å²) in [5.74, 6) is -0.186. The molecule has 1 aliphatic rings. The minimum Gasteiger partial charge on any atom is -0.389 e. The second kappa shape index (κ2) is 5.46. The maximum absolute atomic E-state index is 12.1. The Morgan fingerprint density at radius 2 is 2.24 bits per heavy atom. The third-order valence-electron chi connectivity index (χ3n) is 2.58. The second-order valence-corrected chi connectivity index (χ2v) is 4.90. The number of nitrogens with zero attached hydrogens (tertiary/aromatic N) is 1. The van der Waals surface area contributed by atoms with Gasteiger partial charge in [-0.3, -0.25) is 14.9 Å². The number of hydrogen-bond donors (Lipinski definition) is 3. The standard InChI is InChI=1S/C11H21N3O3/c1-4-14(7-11(2,3)17)10(16)8-5-13-9(15)6-12-8/h8,12,17H,4-7H2,1-3H3,(H,13,15). The molecule has 2 amide bonds. The lowest BCUT2D eigenvalue weighted by molar-refractivity contribution is -0.137. The van der Waals surface area contributed by atoms with Crippen molar-refractivity contribution < 1.29 is 14.7 Å². The van der Waals surface area contributed by atoms with Gasteiger partial charge < -0.3 is 15.3 Å². The molecule has 6 heteroatoms. The van der Waals surface area contributed by atoms with Crippen LogP contribution in [0.2, 0.25) is 0 Å². The van der Waals surface area contributed by atoms with E-state index in [0.29, 0.717) is 13.1 Å². The highest BCUT2D eigenvalue weighted by Gasteiger charge is 2.29. The van der Waals surface area contributed by atoms with Gasteiger partial charge in [0, 0.05) is 19.6 Å². The van der Waals surface area contributed by atoms with E-state index in [1.807, 2.05) is 6.92 Å². The fourth-order valence-electron chi connectivity index (χ4n) is 1.77. The molecule has 0 spiro atoms. The predicted octanol–water partition coefficient (Wildman–Crippen LogP) is -1.31. The Hall–Kier alpha value is -1.14. The quantitative estimate of drug-likeness (QED) is 0.573. The molecule has 1 saturated heterocycles. The van der Waals surface area contributed by atoms with E-state index in [4.69, 9.17) is 0 Å². The van der Waals surface area contributed by atoms with Gasteiger partial charge in [-0.05, 0) is 20.8 Å². The molecule has 17 heavy (non-hydrogen) atoms. The Labute approximate surface area is 101 Å². The molecule has 0 aliphatic carbocycles. The summed E-state index contributed by atoms with van der Waals surface area (Å²) in [5.41, 5.74) is -0.913. The minimum atomic E-state index is -0.913. The highest BCUT2D eigenvalue weighted by atomic mass is 16.3. The number of likely N-dealkylation sites (N-methyl/N-ethyl adjacent to an activating group) is 1. The number of hydrogen-bond acceptors (Lipinski definition) is 4. The van der Waals surface area contributed by atoms with Crippen molar-refractivity contribution in [3.05, 3.63) is 0 Å². The molecule has 1 unspecified atom stereocenters. The normalized spacial score (nSPS) is 20.9. The lowest BCUT2D eigenvalue weighted by Gasteiger charge is -2.32. The van der Waals surface area contributed by atoms with Crippen LogP contribution in [0.5, 0.6) is 0 Å². The van der Waals surface area contributed by atoms with E-state index in [9.17, 15) is 14.7 Å². The average molecular weight is 243 g/mol. The largest absolute Gasteiger partial charge is 0.389 e. The fourth-order valence-corrected chi connectivity index (χ4v) is 1.77. The number of amides is 2. The van der Waals surface area contributed by atoms with Crippen LogP contribution in [0.15, 0.2) is 0 Å². The van der Waals surface area contributed by atoms with Crippen LogP contribution >= 0.6 is 0 Å². The molecule has 0 aromatic carbocycles. The summed E-state index contributed by atoms with van der Waals surface area (Å²) in [4.78, 5) is 24.7. The van der Waals surface area contributed by atoms with Crippen LogP contribution in [0.25, 0.3) is 0 Å². The number of rotatable bonds is 4. The van der Waals surface area contributed by atoms with Gasteiger partial charge in [-0.1, -0.05) is 0 Å². The summed E-state index contributed by atoms with van der Waals surface area (Å²) in [6.45, 7) is 6.49. The van der Waals surface area contributed by atoms with E-state index in [1.54, 1.807) is 18.7 Å². The molecule has 3 N–H and O–H groups in total. The van der Waals surface area contributed by atoms with E-state index in [0.717, 1.165) is 0 Å². The fraction of sp³-hybridized carbons (Fsp3) is 0.818. The highest BCUT2D eigenvalue weighted by molar-refractivity contribution is 5.86. The number of carbonyl (C=O) groups is 2. The van der Waals surface area contributed by atoms with E-state index in [2.05, 4.69) is 10.6 Å². The molecular formula is C11H21N3O3. The maximum atomic E-state index is 12.1. The third-order valence-corrected chi connectivity index (χ3v) is 2.58. The van der Waals surface area contributed by atoms with E-state index < -0.39 is 11.6 Å². The average Bonchev–Trinajstić information content (AvgIpc) is 2.25. The SMILES string of the molecule is CCN(CC(C)(C)O)C(=O)C1CNC(=O)CN1. The zero-order chi connectivity index (χ0) is 13.1. The Morgan fingerprint density at radius 3 is 2.65 bits per heavy atom. The molecule has 1 fully saturated rings. The van der Waals surface area contributed by atoms with Crippen LogP contribution in [0.4, 0.5) is 0 Å². The van der Waals surface area contributed by atoms with Crippen molar-refractivity contribution in [3.8, 4) is 0 Å². The van der Waals surface area contributed by atoms with Crippen LogP contribution in [-0.4, -0.2) is 59.6 Å². The maximum Gasteiger partial charge on any atom is 0.241 e. The van der Waals surface area contributed by atoms with Gasteiger partial charge in [-0.15, -0.1) is 0 Å². The first-order chi connectivity index (χ1) is 7.83. The van der Waals surface area contributed by atoms with E-state index in [-0.39, 0.29) is 24.9 Å². The van der Waals surface area contributed by atoms with Gasteiger partial charge in [0.15, 0.2) is 0 Å². The first kappa shape index (κ1) is 13.9. The van der Waals surface area contributed by atoms with E-state index >= 15 is 0 Å². The molecule has 0 saturated carbocycles. The van der Waals surface area contributed by atoms with Gasteiger partial charge in [0.1, 0.15) is 6.04 Å². The van der Waals surface area contributed by atoms with Crippen molar-refractivity contribution in [1.29, 1.82) is 0 Å². The molecule has 0 aromatic heterocycles. The lowest BCUT2D eigenvalue weighted by atomic mass is 10.1. The van der Waals surface area contributed by atoms with Gasteiger partial charge in [0.25, 0.3) is 0 Å². The van der Waals surface area contributed by atoms with Gasteiger partial charge >= 0.3 is 0 Å². The zero-order valence-electron chi connectivity index (χ0n) is 10.6. The number of carbonyl (C=O) groups excluding carboxylic acids is 2. The van der Waals surface area contributed by atoms with Crippen molar-refractivity contribution in [3.63, 3.8) is 0 Å². The van der Waals surface area contributed by atoms with Crippen molar-refractivity contribution in [2.75, 3.05) is 26.2 Å². The van der Waals surface area contributed by atoms with Crippen molar-refractivity contribution >= 4 is 11.8 Å². The van der Waals surface area contributed by atoms with Crippen LogP contribution in [-0.2, 0) is 9.59 Å². The number of piperazine rings is 1. The van der Waals surface area contributed by atoms with Gasteiger partial charge in [-0.25, -0.2) is 0 Å². The molecule has 0 bridgehead atoms. The minimum absolute atomic E-state index is 0.0883. The van der Waals surface area contributed by atoms with Crippen LogP contribution in [0.1, 0.15) is 20.8 Å². The highest BCUT2D eigenvalue weighted by Crippen LogP contribution is 2.07. The Bertz CT molecular complexity index is 289. The van der Waals surface area contributed by atoms with Crippen LogP contribution in [0, 0.1) is 0 Å². The van der Waals surface area contributed by atoms with E-state index in [1.165, 1.54) is 0 Å². The topological polar surface area (TPSA) is 81.7 Å². The monoisotopic (exact) mass is 243 g/mol. The predicted molar refractivity (Wildman–Crippen MR) is 63.4 cm³/mol. The van der Waals surface area contributed by atoms with Gasteiger partial charge in [0.2, 0.25) is 11.8 Å². The summed E-state index contributed by atoms with van der Waals surface area (Å²) < 4.78 is 0. The van der Waals surface area contributed by atoms with Crippen molar-refractivity contribution in [2.24, 2.45) is 0 Å². The van der Waals surface area contributed by atoms with Crippen LogP contribution < -0.4 is 10.6 Å². The summed E-state index contributed by atoms with van der Waals surface area (Å²) in [5, 5.41) is 15.3. The van der Waals surface area contributed by atoms with Gasteiger partial charge in [0.05, 0.1) is 12.1 Å². The third kappa shape index (κ3) is 4.32. The Balaban J connectivity index is 2.57. The summed E-state index contributed by atoms with van der Waals surface area (Å²) in [6, 6.07) is -0.394. The number of nitrogens with one attached hydrogen (secondary N) is 2. The molecular weight excluding hydrogens is 222 g/mol. The van der Waals surface area contributed by atoms with Crippen molar-refractivity contribution in [2.45, 2.75) is 32.4 Å². The molecule has 1 rings (SSSR count). The lowest BCUT2D eigenvalue weighted by Crippen LogP contribution is -2.59. The molecule has 1 atom stereocenters. The van der Waals surface area contributed by atoms with Crippen molar-refractivity contribution in [1.82, 2.24) is 15.5 Å². The summed E-state index contributed by atoms with van der Waals surface area (Å²) >= 11 is 0. The zero-order valence-corrected chi connectivity index (χ0v) is 10.6. The van der Waals surface area contributed by atoms with Crippen LogP contribution in [0.3, 0.4) is 0 Å². The molecule has 1 aliphatic heterocycles. The molecule has 6 nitrogen and oxygen atoms in total. The smallest absolute Gasteiger partial charge is 0.241 e. The second-order valence-electron chi connectivity index (χ2n) is 4.90. The molecule has 98 valence electrons. The van der Waals surface area contributed by atoms with Gasteiger partial charge in [-0.2, -0.15) is 0 Å². The first-order valence-electron chi connectivity index (χ1n) is 5.84. The Morgan fingerprint density at radius 1 is 1.59 bits per heavy atom. The summed E-state index contributed by atoms with van der Waals surface area (Å²) in [6.07, 6.45) is 0. The molecule has 1 heterocycles. The Kier molecular flexibility index (Phi) is 4.47. The molecule has 0 aromatic rings. The first-order valence-corrected chi connectivity index (χ1v) is 5.84.